The Balaban J connectivity index is 1.51. The van der Waals surface area contributed by atoms with Crippen LogP contribution < -0.4 is 5.32 Å². The van der Waals surface area contributed by atoms with Crippen molar-refractivity contribution in [3.05, 3.63) is 58.5 Å². The van der Waals surface area contributed by atoms with E-state index in [0.717, 1.165) is 34.0 Å². The van der Waals surface area contributed by atoms with E-state index >= 15 is 0 Å². The van der Waals surface area contributed by atoms with Crippen molar-refractivity contribution in [2.75, 3.05) is 6.61 Å². The predicted molar refractivity (Wildman–Crippen MR) is 103 cm³/mol. The van der Waals surface area contributed by atoms with Crippen molar-refractivity contribution in [3.63, 3.8) is 0 Å². The van der Waals surface area contributed by atoms with E-state index in [-0.39, 0.29) is 29.6 Å². The zero-order valence-electron chi connectivity index (χ0n) is 15.6. The van der Waals surface area contributed by atoms with Crippen LogP contribution in [-0.4, -0.2) is 22.5 Å². The molecule has 8 heteroatoms. The number of benzene rings is 1. The Morgan fingerprint density at radius 1 is 1.36 bits per heavy atom. The van der Waals surface area contributed by atoms with Crippen LogP contribution in [0.25, 0.3) is 10.6 Å². The molecule has 2 aromatic heterocycles. The summed E-state index contributed by atoms with van der Waals surface area (Å²) in [5.74, 6) is -0.106. The third-order valence-electron chi connectivity index (χ3n) is 4.70. The number of hydrogen-bond donors (Lipinski definition) is 1. The second-order valence-corrected chi connectivity index (χ2v) is 7.77. The summed E-state index contributed by atoms with van der Waals surface area (Å²) in [6, 6.07) is 5.96. The van der Waals surface area contributed by atoms with Crippen LogP contribution in [0.5, 0.6) is 0 Å². The topological polar surface area (TPSA) is 77.3 Å². The Morgan fingerprint density at radius 3 is 2.86 bits per heavy atom. The van der Waals surface area contributed by atoms with Crippen LogP contribution in [0.4, 0.5) is 4.39 Å². The summed E-state index contributed by atoms with van der Waals surface area (Å²) in [6.07, 6.45) is 2.82. The Hall–Kier alpha value is -2.58. The van der Waals surface area contributed by atoms with Gasteiger partial charge in [0, 0.05) is 12.2 Å². The molecule has 2 atom stereocenters. The van der Waals surface area contributed by atoms with Gasteiger partial charge in [0.2, 0.25) is 0 Å². The molecule has 0 unspecified atom stereocenters. The number of nitrogens with zero attached hydrogens (tertiary/aromatic N) is 2. The highest BCUT2D eigenvalue weighted by Gasteiger charge is 2.29. The highest BCUT2D eigenvalue weighted by Crippen LogP contribution is 2.33. The predicted octanol–water partition coefficient (Wildman–Crippen LogP) is 4.59. The van der Waals surface area contributed by atoms with Gasteiger partial charge in [-0.25, -0.2) is 14.4 Å². The molecule has 146 valence electrons. The van der Waals surface area contributed by atoms with Crippen LogP contribution >= 0.6 is 11.3 Å². The van der Waals surface area contributed by atoms with Crippen molar-refractivity contribution in [1.29, 1.82) is 0 Å². The zero-order valence-corrected chi connectivity index (χ0v) is 16.4. The van der Waals surface area contributed by atoms with Crippen molar-refractivity contribution in [2.45, 2.75) is 38.8 Å². The summed E-state index contributed by atoms with van der Waals surface area (Å²) >= 11 is 1.48. The first-order chi connectivity index (χ1) is 13.5. The minimum absolute atomic E-state index is 0.214. The average Bonchev–Trinajstić information content (AvgIpc) is 3.42. The molecule has 0 aliphatic carbocycles. The van der Waals surface area contributed by atoms with Gasteiger partial charge in [-0.3, -0.25) is 4.79 Å². The number of thiazole rings is 1. The Morgan fingerprint density at radius 2 is 2.14 bits per heavy atom. The quantitative estimate of drug-likeness (QED) is 0.677. The zero-order chi connectivity index (χ0) is 19.7. The first-order valence-corrected chi connectivity index (χ1v) is 9.93. The van der Waals surface area contributed by atoms with Gasteiger partial charge in [0.05, 0.1) is 16.6 Å². The fourth-order valence-corrected chi connectivity index (χ4v) is 4.37. The number of halogens is 1. The smallest absolute Gasteiger partial charge is 0.274 e. The molecule has 0 radical (unpaired) electrons. The molecule has 0 bridgehead atoms. The van der Waals surface area contributed by atoms with E-state index in [0.29, 0.717) is 12.4 Å². The van der Waals surface area contributed by atoms with E-state index in [1.165, 1.54) is 29.9 Å². The highest BCUT2D eigenvalue weighted by atomic mass is 32.1. The standard InChI is InChI=1S/C20H20FN3O3S/c1-11(18-12(2)24-20(28-18)13-5-7-14(21)8-6-13)23-19(25)16-17(27-10-22-16)15-4-3-9-26-15/h5-8,10-11,15H,3-4,9H2,1-2H3,(H,23,25)/t11-,15-/m0/s1. The van der Waals surface area contributed by atoms with Gasteiger partial charge >= 0.3 is 0 Å². The van der Waals surface area contributed by atoms with Crippen LogP contribution in [0.2, 0.25) is 0 Å². The van der Waals surface area contributed by atoms with Gasteiger partial charge in [-0.1, -0.05) is 0 Å². The van der Waals surface area contributed by atoms with E-state index in [9.17, 15) is 9.18 Å². The van der Waals surface area contributed by atoms with E-state index in [4.69, 9.17) is 9.15 Å². The fraction of sp³-hybridized carbons (Fsp3) is 0.350. The monoisotopic (exact) mass is 401 g/mol. The molecule has 1 aromatic carbocycles. The summed E-state index contributed by atoms with van der Waals surface area (Å²) in [7, 11) is 0. The van der Waals surface area contributed by atoms with Crippen molar-refractivity contribution in [2.24, 2.45) is 0 Å². The lowest BCUT2D eigenvalue weighted by Gasteiger charge is -2.13. The molecule has 1 saturated heterocycles. The molecule has 4 rings (SSSR count). The molecule has 1 aliphatic heterocycles. The SMILES string of the molecule is Cc1nc(-c2ccc(F)cc2)sc1[C@H](C)NC(=O)c1ncoc1[C@@H]1CCCO1. The molecule has 1 fully saturated rings. The number of nitrogens with one attached hydrogen (secondary N) is 1. The van der Waals surface area contributed by atoms with Gasteiger partial charge < -0.3 is 14.5 Å². The lowest BCUT2D eigenvalue weighted by molar-refractivity contribution is 0.0854. The van der Waals surface area contributed by atoms with E-state index in [2.05, 4.69) is 15.3 Å². The molecule has 6 nitrogen and oxygen atoms in total. The maximum absolute atomic E-state index is 13.2. The third-order valence-corrected chi connectivity index (χ3v) is 6.09. The molecule has 0 spiro atoms. The van der Waals surface area contributed by atoms with Crippen LogP contribution in [0, 0.1) is 12.7 Å². The van der Waals surface area contributed by atoms with Crippen LogP contribution in [0.1, 0.15) is 58.7 Å². The number of hydrogen-bond acceptors (Lipinski definition) is 6. The van der Waals surface area contributed by atoms with Gasteiger partial charge in [-0.05, 0) is 51.0 Å². The van der Waals surface area contributed by atoms with Crippen LogP contribution in [0.15, 0.2) is 35.1 Å². The van der Waals surface area contributed by atoms with Crippen molar-refractivity contribution in [3.8, 4) is 10.6 Å². The molecule has 1 aliphatic rings. The number of aryl methyl sites for hydroxylation is 1. The minimum atomic E-state index is -0.303. The van der Waals surface area contributed by atoms with Gasteiger partial charge in [-0.2, -0.15) is 0 Å². The maximum atomic E-state index is 13.2. The normalized spacial score (nSPS) is 17.6. The average molecular weight is 401 g/mol. The number of rotatable bonds is 5. The van der Waals surface area contributed by atoms with E-state index in [1.807, 2.05) is 13.8 Å². The van der Waals surface area contributed by atoms with Gasteiger partial charge in [0.25, 0.3) is 5.91 Å². The number of carbonyl (C=O) groups is 1. The largest absolute Gasteiger partial charge is 0.445 e. The lowest BCUT2D eigenvalue weighted by atomic mass is 10.1. The number of oxazole rings is 1. The lowest BCUT2D eigenvalue weighted by Crippen LogP contribution is -2.28. The van der Waals surface area contributed by atoms with E-state index in [1.54, 1.807) is 12.1 Å². The van der Waals surface area contributed by atoms with Crippen molar-refractivity contribution >= 4 is 17.2 Å². The number of carbonyl (C=O) groups excluding carboxylic acids is 1. The van der Waals surface area contributed by atoms with E-state index < -0.39 is 0 Å². The van der Waals surface area contributed by atoms with Crippen molar-refractivity contribution < 1.29 is 18.3 Å². The molecule has 1 N–H and O–H groups in total. The summed E-state index contributed by atoms with van der Waals surface area (Å²) in [5, 5.41) is 3.76. The molecule has 3 heterocycles. The molecule has 3 aromatic rings. The molecular weight excluding hydrogens is 381 g/mol. The number of ether oxygens (including phenoxy) is 1. The summed E-state index contributed by atoms with van der Waals surface area (Å²) < 4.78 is 24.2. The number of aromatic nitrogens is 2. The van der Waals surface area contributed by atoms with Crippen molar-refractivity contribution in [1.82, 2.24) is 15.3 Å². The number of amides is 1. The van der Waals surface area contributed by atoms with Gasteiger partial charge in [0.1, 0.15) is 16.9 Å². The van der Waals surface area contributed by atoms with Gasteiger partial charge in [0.15, 0.2) is 17.8 Å². The van der Waals surface area contributed by atoms with Gasteiger partial charge in [-0.15, -0.1) is 11.3 Å². The summed E-state index contributed by atoms with van der Waals surface area (Å²) in [4.78, 5) is 22.3. The second-order valence-electron chi connectivity index (χ2n) is 6.74. The third kappa shape index (κ3) is 3.70. The fourth-order valence-electron chi connectivity index (χ4n) is 3.30. The Kier molecular flexibility index (Phi) is 5.23. The second kappa shape index (κ2) is 7.81. The van der Waals surface area contributed by atoms with Crippen LogP contribution in [0.3, 0.4) is 0 Å². The summed E-state index contributed by atoms with van der Waals surface area (Å²) in [5.41, 5.74) is 1.94. The summed E-state index contributed by atoms with van der Waals surface area (Å²) in [6.45, 7) is 4.46. The molecular formula is C20H20FN3O3S. The Bertz CT molecular complexity index is 977. The molecule has 28 heavy (non-hydrogen) atoms. The Labute approximate surface area is 165 Å². The molecule has 1 amide bonds. The minimum Gasteiger partial charge on any atom is -0.445 e. The molecule has 0 saturated carbocycles. The van der Waals surface area contributed by atoms with Crippen LogP contribution in [-0.2, 0) is 4.74 Å². The first-order valence-electron chi connectivity index (χ1n) is 9.12. The maximum Gasteiger partial charge on any atom is 0.274 e. The first kappa shape index (κ1) is 18.8. The highest BCUT2D eigenvalue weighted by molar-refractivity contribution is 7.15.